The third-order valence-electron chi connectivity index (χ3n) is 4.31. The van der Waals surface area contributed by atoms with Gasteiger partial charge in [-0.15, -0.1) is 0 Å². The second-order valence-corrected chi connectivity index (χ2v) is 6.41. The van der Waals surface area contributed by atoms with E-state index in [-0.39, 0.29) is 0 Å². The Balaban J connectivity index is 1.81. The van der Waals surface area contributed by atoms with Crippen LogP contribution in [0.25, 0.3) is 0 Å². The number of hydrogen-bond donors (Lipinski definition) is 1. The smallest absolute Gasteiger partial charge is 0.122 e. The number of nitrogens with zero attached hydrogens (tertiary/aromatic N) is 1. The number of furan rings is 1. The Bertz CT molecular complexity index is 378. The summed E-state index contributed by atoms with van der Waals surface area (Å²) in [6, 6.07) is 2.63. The van der Waals surface area contributed by atoms with Gasteiger partial charge in [0.2, 0.25) is 0 Å². The number of likely N-dealkylation sites (tertiary alicyclic amines) is 1. The zero-order valence-electron chi connectivity index (χ0n) is 13.3. The minimum absolute atomic E-state index is 0.498. The highest BCUT2D eigenvalue weighted by Gasteiger charge is 2.19. The van der Waals surface area contributed by atoms with Crippen LogP contribution in [-0.2, 0) is 13.1 Å². The molecule has 0 unspecified atom stereocenters. The lowest BCUT2D eigenvalue weighted by Crippen LogP contribution is -2.33. The van der Waals surface area contributed by atoms with E-state index in [0.717, 1.165) is 24.8 Å². The Hall–Kier alpha value is -0.800. The van der Waals surface area contributed by atoms with E-state index in [4.69, 9.17) is 4.42 Å². The van der Waals surface area contributed by atoms with Gasteiger partial charge in [-0.1, -0.05) is 33.6 Å². The minimum atomic E-state index is 0.498. The Morgan fingerprint density at radius 3 is 2.75 bits per heavy atom. The van der Waals surface area contributed by atoms with Gasteiger partial charge in [0.25, 0.3) is 0 Å². The molecule has 0 amide bonds. The average Bonchev–Trinajstić information content (AvgIpc) is 2.86. The van der Waals surface area contributed by atoms with Crippen molar-refractivity contribution >= 4 is 0 Å². The number of rotatable bonds is 7. The molecule has 3 nitrogen and oxygen atoms in total. The lowest BCUT2D eigenvalue weighted by atomic mass is 9.92. The van der Waals surface area contributed by atoms with Gasteiger partial charge in [0, 0.05) is 18.2 Å². The van der Waals surface area contributed by atoms with Crippen molar-refractivity contribution in [1.82, 2.24) is 10.2 Å². The monoisotopic (exact) mass is 278 g/mol. The molecule has 2 rings (SSSR count). The quantitative estimate of drug-likeness (QED) is 0.822. The third kappa shape index (κ3) is 4.64. The molecule has 0 aromatic carbocycles. The van der Waals surface area contributed by atoms with Crippen molar-refractivity contribution in [3.8, 4) is 0 Å². The van der Waals surface area contributed by atoms with Crippen molar-refractivity contribution in [3.05, 3.63) is 23.7 Å². The highest BCUT2D eigenvalue weighted by Crippen LogP contribution is 2.23. The van der Waals surface area contributed by atoms with E-state index in [0.29, 0.717) is 6.04 Å². The molecule has 1 aromatic rings. The maximum Gasteiger partial charge on any atom is 0.122 e. The largest absolute Gasteiger partial charge is 0.468 e. The molecule has 2 heterocycles. The zero-order chi connectivity index (χ0) is 14.4. The van der Waals surface area contributed by atoms with Crippen molar-refractivity contribution in [1.29, 1.82) is 0 Å². The van der Waals surface area contributed by atoms with Crippen LogP contribution in [0.4, 0.5) is 0 Å². The Kier molecular flexibility index (Phi) is 6.11. The number of nitrogens with one attached hydrogen (secondary N) is 1. The molecule has 1 aliphatic heterocycles. The van der Waals surface area contributed by atoms with Crippen molar-refractivity contribution in [3.63, 3.8) is 0 Å². The van der Waals surface area contributed by atoms with Gasteiger partial charge >= 0.3 is 0 Å². The summed E-state index contributed by atoms with van der Waals surface area (Å²) in [6.07, 6.45) is 7.30. The lowest BCUT2D eigenvalue weighted by molar-refractivity contribution is 0.171. The highest BCUT2D eigenvalue weighted by atomic mass is 16.3. The van der Waals surface area contributed by atoms with Crippen LogP contribution in [0.5, 0.6) is 0 Å². The number of hydrogen-bond acceptors (Lipinski definition) is 3. The topological polar surface area (TPSA) is 28.4 Å². The molecule has 1 saturated heterocycles. The molecule has 1 aliphatic rings. The highest BCUT2D eigenvalue weighted by molar-refractivity contribution is 5.17. The first-order chi connectivity index (χ1) is 9.69. The molecule has 0 spiro atoms. The SMILES string of the molecule is CCCC1CCN(Cc2ccoc2CNC(C)C)CC1. The standard InChI is InChI=1S/C17H30N2O/c1-4-5-15-6-9-19(10-7-15)13-16-8-11-20-17(16)12-18-14(2)3/h8,11,14-15,18H,4-7,9-10,12-13H2,1-3H3. The van der Waals surface area contributed by atoms with Crippen LogP contribution in [0, 0.1) is 5.92 Å². The first-order valence-electron chi connectivity index (χ1n) is 8.20. The van der Waals surface area contributed by atoms with Gasteiger partial charge in [0.1, 0.15) is 5.76 Å². The van der Waals surface area contributed by atoms with E-state index in [9.17, 15) is 0 Å². The lowest BCUT2D eigenvalue weighted by Gasteiger charge is -2.31. The summed E-state index contributed by atoms with van der Waals surface area (Å²) in [7, 11) is 0. The summed E-state index contributed by atoms with van der Waals surface area (Å²) in [5, 5.41) is 3.44. The third-order valence-corrected chi connectivity index (χ3v) is 4.31. The summed E-state index contributed by atoms with van der Waals surface area (Å²) in [5.74, 6) is 2.07. The summed E-state index contributed by atoms with van der Waals surface area (Å²) < 4.78 is 5.63. The van der Waals surface area contributed by atoms with Crippen LogP contribution in [0.2, 0.25) is 0 Å². The normalized spacial score (nSPS) is 18.0. The zero-order valence-corrected chi connectivity index (χ0v) is 13.3. The van der Waals surface area contributed by atoms with Crippen LogP contribution in [0.1, 0.15) is 57.8 Å². The predicted octanol–water partition coefficient (Wildman–Crippen LogP) is 3.79. The molecule has 0 saturated carbocycles. The molecule has 0 radical (unpaired) electrons. The maximum absolute atomic E-state index is 5.63. The molecule has 0 bridgehead atoms. The van der Waals surface area contributed by atoms with Gasteiger partial charge in [-0.05, 0) is 37.9 Å². The molecule has 0 aliphatic carbocycles. The fraction of sp³-hybridized carbons (Fsp3) is 0.765. The molecule has 1 aromatic heterocycles. The summed E-state index contributed by atoms with van der Waals surface area (Å²) in [6.45, 7) is 11.0. The summed E-state index contributed by atoms with van der Waals surface area (Å²) in [4.78, 5) is 2.58. The Morgan fingerprint density at radius 2 is 2.10 bits per heavy atom. The number of piperidine rings is 1. The fourth-order valence-electron chi connectivity index (χ4n) is 3.04. The van der Waals surface area contributed by atoms with Gasteiger partial charge in [0.15, 0.2) is 0 Å². The van der Waals surface area contributed by atoms with E-state index in [2.05, 4.69) is 37.1 Å². The van der Waals surface area contributed by atoms with Crippen molar-refractivity contribution in [2.24, 2.45) is 5.92 Å². The average molecular weight is 278 g/mol. The van der Waals surface area contributed by atoms with Crippen LogP contribution in [0.3, 0.4) is 0 Å². The molecule has 20 heavy (non-hydrogen) atoms. The van der Waals surface area contributed by atoms with Gasteiger partial charge in [-0.3, -0.25) is 4.90 Å². The van der Waals surface area contributed by atoms with Crippen LogP contribution >= 0.6 is 0 Å². The van der Waals surface area contributed by atoms with Crippen LogP contribution in [0.15, 0.2) is 16.7 Å². The summed E-state index contributed by atoms with van der Waals surface area (Å²) in [5.41, 5.74) is 1.35. The minimum Gasteiger partial charge on any atom is -0.468 e. The van der Waals surface area contributed by atoms with E-state index >= 15 is 0 Å². The molecule has 3 heteroatoms. The fourth-order valence-corrected chi connectivity index (χ4v) is 3.04. The first kappa shape index (κ1) is 15.6. The van der Waals surface area contributed by atoms with Crippen molar-refractivity contribution in [2.75, 3.05) is 13.1 Å². The molecule has 1 N–H and O–H groups in total. The van der Waals surface area contributed by atoms with Gasteiger partial charge in [-0.2, -0.15) is 0 Å². The van der Waals surface area contributed by atoms with Gasteiger partial charge in [-0.25, -0.2) is 0 Å². The summed E-state index contributed by atoms with van der Waals surface area (Å²) >= 11 is 0. The molecule has 0 atom stereocenters. The Labute approximate surface area is 123 Å². The molecular formula is C17H30N2O. The Morgan fingerprint density at radius 1 is 1.35 bits per heavy atom. The van der Waals surface area contributed by atoms with Crippen LogP contribution < -0.4 is 5.32 Å². The first-order valence-corrected chi connectivity index (χ1v) is 8.20. The van der Waals surface area contributed by atoms with E-state index in [1.54, 1.807) is 0 Å². The van der Waals surface area contributed by atoms with E-state index < -0.39 is 0 Å². The molecule has 114 valence electrons. The second-order valence-electron chi connectivity index (χ2n) is 6.41. The molecule has 1 fully saturated rings. The van der Waals surface area contributed by atoms with Gasteiger partial charge in [0.05, 0.1) is 12.8 Å². The predicted molar refractivity (Wildman–Crippen MR) is 83.6 cm³/mol. The van der Waals surface area contributed by atoms with E-state index in [1.165, 1.54) is 44.3 Å². The van der Waals surface area contributed by atoms with E-state index in [1.807, 2.05) is 6.26 Å². The van der Waals surface area contributed by atoms with Crippen molar-refractivity contribution in [2.45, 2.75) is 65.6 Å². The van der Waals surface area contributed by atoms with Crippen LogP contribution in [-0.4, -0.2) is 24.0 Å². The second kappa shape index (κ2) is 7.84. The molecular weight excluding hydrogens is 248 g/mol. The van der Waals surface area contributed by atoms with Gasteiger partial charge < -0.3 is 9.73 Å². The maximum atomic E-state index is 5.63. The van der Waals surface area contributed by atoms with Crippen molar-refractivity contribution < 1.29 is 4.42 Å².